The maximum atomic E-state index is 12.1. The summed E-state index contributed by atoms with van der Waals surface area (Å²) < 4.78 is 16.4. The van der Waals surface area contributed by atoms with Crippen LogP contribution in [0.1, 0.15) is 6.92 Å². The van der Waals surface area contributed by atoms with E-state index in [4.69, 9.17) is 14.2 Å². The highest BCUT2D eigenvalue weighted by molar-refractivity contribution is 7.98. The minimum absolute atomic E-state index is 0.263. The van der Waals surface area contributed by atoms with Crippen molar-refractivity contribution in [2.45, 2.75) is 23.0 Å². The molecule has 0 saturated heterocycles. The van der Waals surface area contributed by atoms with E-state index in [0.717, 1.165) is 9.79 Å². The smallest absolute Gasteiger partial charge is 0.389 e. The van der Waals surface area contributed by atoms with Gasteiger partial charge in [0, 0.05) is 9.79 Å². The molecule has 24 heavy (non-hydrogen) atoms. The van der Waals surface area contributed by atoms with Crippen LogP contribution in [0.5, 0.6) is 11.5 Å². The third-order valence-corrected chi connectivity index (χ3v) is 4.57. The van der Waals surface area contributed by atoms with Crippen LogP contribution in [0, 0.1) is 0 Å². The molecule has 0 spiro atoms. The van der Waals surface area contributed by atoms with Gasteiger partial charge in [-0.05, 0) is 68.0 Å². The minimum Gasteiger partial charge on any atom is -0.460 e. The molecular formula is C18H20O4S2. The Balaban J connectivity index is 2.11. The van der Waals surface area contributed by atoms with Crippen molar-refractivity contribution in [3.63, 3.8) is 0 Å². The van der Waals surface area contributed by atoms with E-state index in [1.807, 2.05) is 36.8 Å². The van der Waals surface area contributed by atoms with Gasteiger partial charge in [-0.25, -0.2) is 4.79 Å². The van der Waals surface area contributed by atoms with Crippen molar-refractivity contribution in [3.05, 3.63) is 48.5 Å². The molecule has 2 rings (SSSR count). The van der Waals surface area contributed by atoms with Gasteiger partial charge in [-0.1, -0.05) is 0 Å². The zero-order valence-electron chi connectivity index (χ0n) is 13.9. The molecule has 0 aliphatic carbocycles. The lowest BCUT2D eigenvalue weighted by Crippen LogP contribution is -2.35. The summed E-state index contributed by atoms with van der Waals surface area (Å²) >= 11 is 3.27. The molecule has 2 aromatic rings. The van der Waals surface area contributed by atoms with E-state index in [2.05, 4.69) is 0 Å². The predicted octanol–water partition coefficient (Wildman–Crippen LogP) is 4.48. The molecule has 0 radical (unpaired) electrons. The van der Waals surface area contributed by atoms with E-state index >= 15 is 0 Å². The zero-order chi connectivity index (χ0) is 17.4. The van der Waals surface area contributed by atoms with E-state index in [1.165, 1.54) is 0 Å². The van der Waals surface area contributed by atoms with E-state index in [0.29, 0.717) is 11.5 Å². The molecule has 0 atom stereocenters. The molecule has 2 aromatic carbocycles. The first-order chi connectivity index (χ1) is 11.7. The van der Waals surface area contributed by atoms with Crippen molar-refractivity contribution in [1.82, 2.24) is 0 Å². The molecule has 0 saturated carbocycles. The monoisotopic (exact) mass is 364 g/mol. The highest BCUT2D eigenvalue weighted by Gasteiger charge is 2.24. The topological polar surface area (TPSA) is 44.8 Å². The van der Waals surface area contributed by atoms with Gasteiger partial charge in [-0.2, -0.15) is 0 Å². The van der Waals surface area contributed by atoms with Crippen LogP contribution in [0.4, 0.5) is 0 Å². The summed E-state index contributed by atoms with van der Waals surface area (Å²) in [4.78, 5) is 14.3. The summed E-state index contributed by atoms with van der Waals surface area (Å²) in [6.45, 7) is 2.01. The highest BCUT2D eigenvalue weighted by Crippen LogP contribution is 2.23. The number of hydrogen-bond donors (Lipinski definition) is 0. The number of thioether (sulfide) groups is 2. The Morgan fingerprint density at radius 1 is 0.875 bits per heavy atom. The lowest BCUT2D eigenvalue weighted by Gasteiger charge is -2.19. The second kappa shape index (κ2) is 9.49. The van der Waals surface area contributed by atoms with E-state index in [-0.39, 0.29) is 6.61 Å². The quantitative estimate of drug-likeness (QED) is 0.391. The molecule has 0 heterocycles. The van der Waals surface area contributed by atoms with Crippen LogP contribution in [0.2, 0.25) is 0 Å². The Kier molecular flexibility index (Phi) is 7.34. The maximum Gasteiger partial charge on any atom is 0.389 e. The van der Waals surface area contributed by atoms with Crippen molar-refractivity contribution >= 4 is 29.5 Å². The normalized spacial score (nSPS) is 10.5. The summed E-state index contributed by atoms with van der Waals surface area (Å²) in [5.41, 5.74) is 0. The SMILES string of the molecule is CCOC(=O)C(Oc1ccc(SC)cc1)Oc1ccc(SC)cc1. The van der Waals surface area contributed by atoms with Crippen LogP contribution in [0.25, 0.3) is 0 Å². The first-order valence-corrected chi connectivity index (χ1v) is 9.89. The number of hydrogen-bond acceptors (Lipinski definition) is 6. The third kappa shape index (κ3) is 5.39. The Morgan fingerprint density at radius 3 is 1.62 bits per heavy atom. The molecular weight excluding hydrogens is 344 g/mol. The summed E-state index contributed by atoms with van der Waals surface area (Å²) in [7, 11) is 0. The molecule has 0 fully saturated rings. The molecule has 0 aliphatic heterocycles. The summed E-state index contributed by atoms with van der Waals surface area (Å²) in [6, 6.07) is 14.9. The Labute approximate surface area is 150 Å². The van der Waals surface area contributed by atoms with Crippen LogP contribution in [-0.2, 0) is 9.53 Å². The van der Waals surface area contributed by atoms with Gasteiger partial charge in [-0.3, -0.25) is 0 Å². The van der Waals surface area contributed by atoms with Crippen LogP contribution in [-0.4, -0.2) is 31.4 Å². The van der Waals surface area contributed by atoms with Crippen LogP contribution < -0.4 is 9.47 Å². The first kappa shape index (κ1) is 18.5. The van der Waals surface area contributed by atoms with Gasteiger partial charge in [0.15, 0.2) is 0 Å². The Bertz CT molecular complexity index is 592. The molecule has 6 heteroatoms. The van der Waals surface area contributed by atoms with Gasteiger partial charge in [-0.15, -0.1) is 23.5 Å². The fraction of sp³-hybridized carbons (Fsp3) is 0.278. The molecule has 0 N–H and O–H groups in total. The average molecular weight is 364 g/mol. The van der Waals surface area contributed by atoms with Crippen molar-refractivity contribution in [3.8, 4) is 11.5 Å². The van der Waals surface area contributed by atoms with Crippen molar-refractivity contribution < 1.29 is 19.0 Å². The van der Waals surface area contributed by atoms with Crippen molar-refractivity contribution in [2.24, 2.45) is 0 Å². The number of carbonyl (C=O) groups excluding carboxylic acids is 1. The highest BCUT2D eigenvalue weighted by atomic mass is 32.2. The Morgan fingerprint density at radius 2 is 1.29 bits per heavy atom. The lowest BCUT2D eigenvalue weighted by molar-refractivity contribution is -0.165. The lowest BCUT2D eigenvalue weighted by atomic mass is 10.3. The Hall–Kier alpha value is -1.79. The third-order valence-electron chi connectivity index (χ3n) is 3.08. The number of esters is 1. The van der Waals surface area contributed by atoms with Gasteiger partial charge in [0.1, 0.15) is 11.5 Å². The number of carbonyl (C=O) groups is 1. The summed E-state index contributed by atoms with van der Waals surface area (Å²) in [5.74, 6) is 0.540. The standard InChI is InChI=1S/C18H20O4S2/c1-4-20-17(19)18(21-13-5-9-15(23-2)10-6-13)22-14-7-11-16(24-3)12-8-14/h5-12,18H,4H2,1-3H3. The molecule has 0 amide bonds. The molecule has 0 unspecified atom stereocenters. The molecule has 128 valence electrons. The first-order valence-electron chi connectivity index (χ1n) is 7.44. The van der Waals surface area contributed by atoms with E-state index in [9.17, 15) is 4.79 Å². The van der Waals surface area contributed by atoms with Crippen molar-refractivity contribution in [2.75, 3.05) is 19.1 Å². The predicted molar refractivity (Wildman–Crippen MR) is 98.1 cm³/mol. The van der Waals surface area contributed by atoms with Gasteiger partial charge in [0.25, 0.3) is 0 Å². The fourth-order valence-electron chi connectivity index (χ4n) is 1.89. The van der Waals surface area contributed by atoms with Gasteiger partial charge in [0.05, 0.1) is 6.61 Å². The van der Waals surface area contributed by atoms with Crippen LogP contribution in [0.15, 0.2) is 58.3 Å². The van der Waals surface area contributed by atoms with Gasteiger partial charge < -0.3 is 14.2 Å². The number of benzene rings is 2. The maximum absolute atomic E-state index is 12.1. The molecule has 0 aromatic heterocycles. The molecule has 4 nitrogen and oxygen atoms in total. The molecule has 0 aliphatic rings. The van der Waals surface area contributed by atoms with Crippen LogP contribution >= 0.6 is 23.5 Å². The molecule has 0 bridgehead atoms. The van der Waals surface area contributed by atoms with Gasteiger partial charge >= 0.3 is 12.3 Å². The summed E-state index contributed by atoms with van der Waals surface area (Å²) in [6.07, 6.45) is 2.85. The minimum atomic E-state index is -1.15. The average Bonchev–Trinajstić information content (AvgIpc) is 2.62. The number of ether oxygens (including phenoxy) is 3. The fourth-order valence-corrected chi connectivity index (χ4v) is 2.70. The van der Waals surface area contributed by atoms with E-state index in [1.54, 1.807) is 54.7 Å². The second-order valence-electron chi connectivity index (χ2n) is 4.67. The van der Waals surface area contributed by atoms with Crippen molar-refractivity contribution in [1.29, 1.82) is 0 Å². The number of rotatable bonds is 8. The summed E-state index contributed by atoms with van der Waals surface area (Å²) in [5, 5.41) is 0. The van der Waals surface area contributed by atoms with E-state index < -0.39 is 12.3 Å². The van der Waals surface area contributed by atoms with Crippen LogP contribution in [0.3, 0.4) is 0 Å². The largest absolute Gasteiger partial charge is 0.460 e. The van der Waals surface area contributed by atoms with Gasteiger partial charge in [0.2, 0.25) is 0 Å². The second-order valence-corrected chi connectivity index (χ2v) is 6.43. The zero-order valence-corrected chi connectivity index (χ0v) is 15.5.